The van der Waals surface area contributed by atoms with Gasteiger partial charge < -0.3 is 14.7 Å². The van der Waals surface area contributed by atoms with Crippen molar-refractivity contribution in [3.63, 3.8) is 0 Å². The Morgan fingerprint density at radius 2 is 2.32 bits per heavy atom. The highest BCUT2D eigenvalue weighted by Crippen LogP contribution is 2.26. The normalized spacial score (nSPS) is 14.5. The standard InChI is InChI=1S/C14H18N4O/c1-18-6-2-3-12-7-11(4-5-13(12)18)8-15-9-14-16-10-19-17-14/h4-5,7,10,15H,2-3,6,8-9H2,1H3. The van der Waals surface area contributed by atoms with E-state index in [1.807, 2.05) is 0 Å². The van der Waals surface area contributed by atoms with E-state index in [1.54, 1.807) is 0 Å². The molecule has 19 heavy (non-hydrogen) atoms. The summed E-state index contributed by atoms with van der Waals surface area (Å²) in [7, 11) is 2.16. The Balaban J connectivity index is 1.62. The number of benzene rings is 1. The van der Waals surface area contributed by atoms with Crippen LogP contribution in [0.3, 0.4) is 0 Å². The van der Waals surface area contributed by atoms with Gasteiger partial charge in [-0.05, 0) is 30.0 Å². The first-order valence-corrected chi connectivity index (χ1v) is 6.62. The lowest BCUT2D eigenvalue weighted by atomic mass is 9.99. The predicted octanol–water partition coefficient (Wildman–Crippen LogP) is 1.74. The summed E-state index contributed by atoms with van der Waals surface area (Å²) in [5.41, 5.74) is 4.12. The highest BCUT2D eigenvalue weighted by molar-refractivity contribution is 5.56. The van der Waals surface area contributed by atoms with Crippen LogP contribution in [0, 0.1) is 0 Å². The molecule has 0 saturated carbocycles. The molecule has 100 valence electrons. The number of anilines is 1. The zero-order valence-corrected chi connectivity index (χ0v) is 11.1. The van der Waals surface area contributed by atoms with E-state index in [9.17, 15) is 0 Å². The van der Waals surface area contributed by atoms with E-state index in [0.717, 1.165) is 13.1 Å². The molecule has 1 aliphatic heterocycles. The van der Waals surface area contributed by atoms with Crippen molar-refractivity contribution in [2.24, 2.45) is 0 Å². The summed E-state index contributed by atoms with van der Waals surface area (Å²) in [4.78, 5) is 6.31. The van der Waals surface area contributed by atoms with Crippen LogP contribution in [0.4, 0.5) is 5.69 Å². The van der Waals surface area contributed by atoms with Crippen molar-refractivity contribution < 1.29 is 4.52 Å². The third-order valence-electron chi connectivity index (χ3n) is 3.51. The van der Waals surface area contributed by atoms with Gasteiger partial charge in [0.15, 0.2) is 5.82 Å². The van der Waals surface area contributed by atoms with E-state index >= 15 is 0 Å². The fourth-order valence-electron chi connectivity index (χ4n) is 2.54. The van der Waals surface area contributed by atoms with Crippen LogP contribution >= 0.6 is 0 Å². The van der Waals surface area contributed by atoms with Gasteiger partial charge in [-0.3, -0.25) is 0 Å². The molecule has 0 fully saturated rings. The Labute approximate surface area is 112 Å². The molecule has 2 aromatic rings. The number of aromatic nitrogens is 2. The third-order valence-corrected chi connectivity index (χ3v) is 3.51. The monoisotopic (exact) mass is 258 g/mol. The summed E-state index contributed by atoms with van der Waals surface area (Å²) in [5.74, 6) is 0.692. The molecule has 0 radical (unpaired) electrons. The molecule has 0 atom stereocenters. The van der Waals surface area contributed by atoms with Crippen LogP contribution in [0.2, 0.25) is 0 Å². The first-order chi connectivity index (χ1) is 9.33. The van der Waals surface area contributed by atoms with Gasteiger partial charge in [0, 0.05) is 25.8 Å². The van der Waals surface area contributed by atoms with Crippen LogP contribution in [0.25, 0.3) is 0 Å². The minimum atomic E-state index is 0.632. The average Bonchev–Trinajstić information content (AvgIpc) is 2.92. The minimum Gasteiger partial charge on any atom is -0.374 e. The maximum absolute atomic E-state index is 4.70. The molecule has 0 saturated heterocycles. The molecule has 1 aliphatic rings. The molecule has 0 amide bonds. The van der Waals surface area contributed by atoms with E-state index < -0.39 is 0 Å². The van der Waals surface area contributed by atoms with E-state index in [-0.39, 0.29) is 0 Å². The lowest BCUT2D eigenvalue weighted by molar-refractivity contribution is 0.407. The molecular weight excluding hydrogens is 240 g/mol. The molecule has 0 bridgehead atoms. The topological polar surface area (TPSA) is 54.2 Å². The maximum Gasteiger partial charge on any atom is 0.213 e. The van der Waals surface area contributed by atoms with Crippen LogP contribution in [0.1, 0.15) is 23.4 Å². The second kappa shape index (κ2) is 5.40. The Morgan fingerprint density at radius 3 is 3.16 bits per heavy atom. The first kappa shape index (κ1) is 12.2. The zero-order valence-electron chi connectivity index (χ0n) is 11.1. The number of nitrogens with zero attached hydrogens (tertiary/aromatic N) is 3. The van der Waals surface area contributed by atoms with Crippen LogP contribution < -0.4 is 10.2 Å². The summed E-state index contributed by atoms with van der Waals surface area (Å²) < 4.78 is 4.70. The summed E-state index contributed by atoms with van der Waals surface area (Å²) in [5, 5.41) is 7.10. The number of hydrogen-bond donors (Lipinski definition) is 1. The molecule has 2 heterocycles. The average molecular weight is 258 g/mol. The van der Waals surface area contributed by atoms with Crippen molar-refractivity contribution in [1.29, 1.82) is 0 Å². The van der Waals surface area contributed by atoms with Gasteiger partial charge in [0.25, 0.3) is 0 Å². The van der Waals surface area contributed by atoms with Gasteiger partial charge in [-0.25, -0.2) is 0 Å². The lowest BCUT2D eigenvalue weighted by Gasteiger charge is -2.27. The van der Waals surface area contributed by atoms with Gasteiger partial charge >= 0.3 is 0 Å². The summed E-state index contributed by atoms with van der Waals surface area (Å²) in [6.07, 6.45) is 3.77. The Bertz CT molecular complexity index is 538. The van der Waals surface area contributed by atoms with Crippen molar-refractivity contribution in [3.8, 4) is 0 Å². The number of fused-ring (bicyclic) bond motifs is 1. The largest absolute Gasteiger partial charge is 0.374 e. The van der Waals surface area contributed by atoms with Crippen molar-refractivity contribution in [2.75, 3.05) is 18.5 Å². The number of aryl methyl sites for hydroxylation is 1. The van der Waals surface area contributed by atoms with Crippen molar-refractivity contribution in [1.82, 2.24) is 15.5 Å². The SMILES string of the molecule is CN1CCCc2cc(CNCc3ncon3)ccc21. The second-order valence-corrected chi connectivity index (χ2v) is 4.94. The fraction of sp³-hybridized carbons (Fsp3) is 0.429. The maximum atomic E-state index is 4.70. The van der Waals surface area contributed by atoms with Crippen LogP contribution in [0.15, 0.2) is 29.1 Å². The molecular formula is C14H18N4O. The van der Waals surface area contributed by atoms with Gasteiger partial charge in [0.2, 0.25) is 6.39 Å². The van der Waals surface area contributed by atoms with E-state index in [1.165, 1.54) is 36.0 Å². The number of hydrogen-bond acceptors (Lipinski definition) is 5. The molecule has 1 aromatic heterocycles. The van der Waals surface area contributed by atoms with Gasteiger partial charge in [-0.1, -0.05) is 17.3 Å². The van der Waals surface area contributed by atoms with Gasteiger partial charge in [-0.15, -0.1) is 0 Å². The summed E-state index contributed by atoms with van der Waals surface area (Å²) >= 11 is 0. The van der Waals surface area contributed by atoms with Crippen molar-refractivity contribution in [3.05, 3.63) is 41.5 Å². The molecule has 0 unspecified atom stereocenters. The van der Waals surface area contributed by atoms with Gasteiger partial charge in [0.05, 0.1) is 6.54 Å². The van der Waals surface area contributed by atoms with Crippen LogP contribution in [-0.2, 0) is 19.5 Å². The summed E-state index contributed by atoms with van der Waals surface area (Å²) in [6.45, 7) is 2.61. The van der Waals surface area contributed by atoms with E-state index in [4.69, 9.17) is 4.52 Å². The molecule has 1 aromatic carbocycles. The quantitative estimate of drug-likeness (QED) is 0.905. The fourth-order valence-corrected chi connectivity index (χ4v) is 2.54. The molecule has 5 heteroatoms. The smallest absolute Gasteiger partial charge is 0.213 e. The van der Waals surface area contributed by atoms with Crippen molar-refractivity contribution in [2.45, 2.75) is 25.9 Å². The molecule has 1 N–H and O–H groups in total. The molecule has 5 nitrogen and oxygen atoms in total. The van der Waals surface area contributed by atoms with E-state index in [0.29, 0.717) is 12.4 Å². The highest BCUT2D eigenvalue weighted by Gasteiger charge is 2.13. The molecule has 0 aliphatic carbocycles. The Kier molecular flexibility index (Phi) is 3.46. The van der Waals surface area contributed by atoms with Gasteiger partial charge in [-0.2, -0.15) is 4.98 Å². The Hall–Kier alpha value is -1.88. The third kappa shape index (κ3) is 2.76. The number of rotatable bonds is 4. The predicted molar refractivity (Wildman–Crippen MR) is 72.9 cm³/mol. The lowest BCUT2D eigenvalue weighted by Crippen LogP contribution is -2.24. The number of nitrogens with one attached hydrogen (secondary N) is 1. The zero-order chi connectivity index (χ0) is 13.1. The van der Waals surface area contributed by atoms with Crippen LogP contribution in [-0.4, -0.2) is 23.7 Å². The second-order valence-electron chi connectivity index (χ2n) is 4.94. The summed E-state index contributed by atoms with van der Waals surface area (Å²) in [6, 6.07) is 6.71. The minimum absolute atomic E-state index is 0.632. The molecule has 3 rings (SSSR count). The Morgan fingerprint density at radius 1 is 1.37 bits per heavy atom. The van der Waals surface area contributed by atoms with Gasteiger partial charge in [0.1, 0.15) is 0 Å². The van der Waals surface area contributed by atoms with E-state index in [2.05, 4.69) is 45.6 Å². The van der Waals surface area contributed by atoms with Crippen molar-refractivity contribution >= 4 is 5.69 Å². The van der Waals surface area contributed by atoms with Crippen LogP contribution in [0.5, 0.6) is 0 Å². The molecule has 0 spiro atoms. The highest BCUT2D eigenvalue weighted by atomic mass is 16.5. The first-order valence-electron chi connectivity index (χ1n) is 6.62.